The number of hydrogen-bond acceptors (Lipinski definition) is 1. The molecule has 0 atom stereocenters. The molecule has 0 saturated heterocycles. The molecule has 0 radical (unpaired) electrons. The van der Waals surface area contributed by atoms with Gasteiger partial charge in [0, 0.05) is 18.1 Å². The lowest BCUT2D eigenvalue weighted by Gasteiger charge is -1.93. The van der Waals surface area contributed by atoms with Gasteiger partial charge in [0.25, 0.3) is 0 Å². The van der Waals surface area contributed by atoms with E-state index < -0.39 is 0 Å². The molecule has 1 N–H and O–H groups in total. The van der Waals surface area contributed by atoms with Gasteiger partial charge >= 0.3 is 0 Å². The third kappa shape index (κ3) is 10.9. The van der Waals surface area contributed by atoms with E-state index in [0.29, 0.717) is 0 Å². The van der Waals surface area contributed by atoms with Crippen LogP contribution in [0.5, 0.6) is 0 Å². The predicted molar refractivity (Wildman–Crippen MR) is 49.9 cm³/mol. The first-order valence-electron chi connectivity index (χ1n) is 2.91. The molecule has 0 aliphatic rings. The van der Waals surface area contributed by atoms with Gasteiger partial charge in [-0.25, -0.2) is 0 Å². The molecule has 0 aromatic carbocycles. The van der Waals surface area contributed by atoms with Crippen molar-refractivity contribution in [3.8, 4) is 0 Å². The normalized spacial score (nSPS) is 10.4. The highest BCUT2D eigenvalue weighted by Gasteiger charge is 1.78. The van der Waals surface area contributed by atoms with Crippen LogP contribution in [-0.4, -0.2) is 13.1 Å². The number of hydrogen-bond donors (Lipinski definition) is 1. The molecule has 0 fully saturated rings. The second kappa shape index (κ2) is 9.02. The van der Waals surface area contributed by atoms with E-state index in [1.54, 1.807) is 0 Å². The predicted octanol–water partition coefficient (Wildman–Crippen LogP) is 2.33. The zero-order valence-electron chi connectivity index (χ0n) is 6.06. The largest absolute Gasteiger partial charge is 0.310 e. The smallest absolute Gasteiger partial charge is 0.0152 e. The van der Waals surface area contributed by atoms with Gasteiger partial charge in [-0.05, 0) is 6.92 Å². The Bertz CT molecular complexity index is 106. The molecular weight excluding hydrogens is 169 g/mol. The van der Waals surface area contributed by atoms with E-state index in [0.717, 1.165) is 18.1 Å². The van der Waals surface area contributed by atoms with Gasteiger partial charge < -0.3 is 5.32 Å². The van der Waals surface area contributed by atoms with Gasteiger partial charge in [0.05, 0.1) is 0 Å². The van der Waals surface area contributed by atoms with Crippen LogP contribution in [0.4, 0.5) is 0 Å². The summed E-state index contributed by atoms with van der Waals surface area (Å²) in [7, 11) is 0. The van der Waals surface area contributed by atoms with E-state index in [9.17, 15) is 0 Å². The molecule has 3 heteroatoms. The van der Waals surface area contributed by atoms with Crippen LogP contribution in [0.25, 0.3) is 0 Å². The summed E-state index contributed by atoms with van der Waals surface area (Å²) in [6.45, 7) is 7.07. The Balaban J connectivity index is 0. The first-order valence-corrected chi connectivity index (χ1v) is 3.29. The summed E-state index contributed by atoms with van der Waals surface area (Å²) in [6, 6.07) is 0. The Hall–Kier alpha value is 0.0200. The summed E-state index contributed by atoms with van der Waals surface area (Å²) in [5.41, 5.74) is 0. The first kappa shape index (κ1) is 12.7. The zero-order valence-corrected chi connectivity index (χ0v) is 7.63. The maximum Gasteiger partial charge on any atom is 0.0152 e. The fourth-order valence-electron chi connectivity index (χ4n) is 0.398. The van der Waals surface area contributed by atoms with Crippen LogP contribution in [0.3, 0.4) is 0 Å². The van der Waals surface area contributed by atoms with Crippen molar-refractivity contribution in [1.29, 1.82) is 0 Å². The molecule has 0 unspecified atom stereocenters. The lowest BCUT2D eigenvalue weighted by Crippen LogP contribution is -2.12. The highest BCUT2D eigenvalue weighted by atomic mass is 35.5. The third-order valence-corrected chi connectivity index (χ3v) is 0.971. The lowest BCUT2D eigenvalue weighted by atomic mass is 10.5. The zero-order chi connectivity index (χ0) is 7.11. The van der Waals surface area contributed by atoms with Gasteiger partial charge in [0.1, 0.15) is 0 Å². The van der Waals surface area contributed by atoms with Gasteiger partial charge in [-0.3, -0.25) is 0 Å². The molecule has 60 valence electrons. The summed E-state index contributed by atoms with van der Waals surface area (Å²) < 4.78 is 0. The van der Waals surface area contributed by atoms with Crippen LogP contribution >= 0.6 is 24.0 Å². The molecule has 10 heavy (non-hydrogen) atoms. The standard InChI is InChI=1S/C7H12ClN.ClH/c1-3-5-9-6-4-7(2)8;/h3-4,9H,1,5-6H2,2H3;1H/b7-4-;. The second-order valence-electron chi connectivity index (χ2n) is 1.74. The minimum Gasteiger partial charge on any atom is -0.310 e. The summed E-state index contributed by atoms with van der Waals surface area (Å²) in [5, 5.41) is 3.91. The fraction of sp³-hybridized carbons (Fsp3) is 0.429. The second-order valence-corrected chi connectivity index (χ2v) is 2.33. The van der Waals surface area contributed by atoms with Crippen molar-refractivity contribution in [3.63, 3.8) is 0 Å². The molecule has 0 heterocycles. The van der Waals surface area contributed by atoms with Crippen molar-refractivity contribution in [2.45, 2.75) is 6.92 Å². The first-order chi connectivity index (χ1) is 4.27. The third-order valence-electron chi connectivity index (χ3n) is 0.816. The quantitative estimate of drug-likeness (QED) is 0.519. The molecule has 0 saturated carbocycles. The van der Waals surface area contributed by atoms with E-state index in [-0.39, 0.29) is 12.4 Å². The molecule has 0 bridgehead atoms. The maximum absolute atomic E-state index is 5.55. The number of allylic oxidation sites excluding steroid dienone is 1. The Labute approximate surface area is 73.6 Å². The molecule has 0 spiro atoms. The Kier molecular flexibility index (Phi) is 11.4. The van der Waals surface area contributed by atoms with Gasteiger partial charge in [-0.1, -0.05) is 23.8 Å². The molecule has 1 nitrogen and oxygen atoms in total. The van der Waals surface area contributed by atoms with Crippen LogP contribution in [0.1, 0.15) is 6.92 Å². The highest BCUT2D eigenvalue weighted by Crippen LogP contribution is 1.94. The van der Waals surface area contributed by atoms with Gasteiger partial charge in [0.15, 0.2) is 0 Å². The van der Waals surface area contributed by atoms with Crippen molar-refractivity contribution < 1.29 is 0 Å². The van der Waals surface area contributed by atoms with E-state index in [1.165, 1.54) is 0 Å². The minimum absolute atomic E-state index is 0. The van der Waals surface area contributed by atoms with E-state index in [2.05, 4.69) is 11.9 Å². The Morgan fingerprint density at radius 1 is 1.60 bits per heavy atom. The number of halogens is 2. The summed E-state index contributed by atoms with van der Waals surface area (Å²) in [5.74, 6) is 0. The molecular formula is C7H13Cl2N. The van der Waals surface area contributed by atoms with E-state index >= 15 is 0 Å². The Morgan fingerprint density at radius 3 is 2.60 bits per heavy atom. The number of nitrogens with one attached hydrogen (secondary N) is 1. The average Bonchev–Trinajstić information content (AvgIpc) is 1.80. The summed E-state index contributed by atoms with van der Waals surface area (Å²) in [6.07, 6.45) is 3.74. The van der Waals surface area contributed by atoms with E-state index in [1.807, 2.05) is 19.1 Å². The monoisotopic (exact) mass is 181 g/mol. The van der Waals surface area contributed by atoms with Crippen molar-refractivity contribution in [2.24, 2.45) is 0 Å². The molecule has 0 aromatic rings. The fourth-order valence-corrected chi connectivity index (χ4v) is 0.475. The lowest BCUT2D eigenvalue weighted by molar-refractivity contribution is 0.842. The SMILES string of the molecule is C=CCNC/C=C(/C)Cl.Cl. The number of rotatable bonds is 4. The maximum atomic E-state index is 5.55. The van der Waals surface area contributed by atoms with Crippen molar-refractivity contribution >= 4 is 24.0 Å². The molecule has 0 aliphatic carbocycles. The highest BCUT2D eigenvalue weighted by molar-refractivity contribution is 6.29. The van der Waals surface area contributed by atoms with Gasteiger partial charge in [0.2, 0.25) is 0 Å². The molecule has 0 rings (SSSR count). The molecule has 0 amide bonds. The average molecular weight is 182 g/mol. The topological polar surface area (TPSA) is 12.0 Å². The summed E-state index contributed by atoms with van der Waals surface area (Å²) in [4.78, 5) is 0. The van der Waals surface area contributed by atoms with Crippen LogP contribution in [0, 0.1) is 0 Å². The minimum atomic E-state index is 0. The van der Waals surface area contributed by atoms with Crippen LogP contribution in [0.15, 0.2) is 23.8 Å². The van der Waals surface area contributed by atoms with Crippen LogP contribution in [-0.2, 0) is 0 Å². The molecule has 0 aromatic heterocycles. The van der Waals surface area contributed by atoms with E-state index in [4.69, 9.17) is 11.6 Å². The van der Waals surface area contributed by atoms with Crippen LogP contribution < -0.4 is 5.32 Å². The molecule has 0 aliphatic heterocycles. The summed E-state index contributed by atoms with van der Waals surface area (Å²) >= 11 is 5.55. The van der Waals surface area contributed by atoms with Crippen LogP contribution in [0.2, 0.25) is 0 Å². The van der Waals surface area contributed by atoms with Gasteiger partial charge in [-0.2, -0.15) is 0 Å². The Morgan fingerprint density at radius 2 is 2.20 bits per heavy atom. The van der Waals surface area contributed by atoms with Gasteiger partial charge in [-0.15, -0.1) is 19.0 Å². The van der Waals surface area contributed by atoms with Crippen molar-refractivity contribution in [1.82, 2.24) is 5.32 Å². The van der Waals surface area contributed by atoms with Crippen molar-refractivity contribution in [3.05, 3.63) is 23.8 Å². The van der Waals surface area contributed by atoms with Crippen molar-refractivity contribution in [2.75, 3.05) is 13.1 Å².